The van der Waals surface area contributed by atoms with E-state index in [-0.39, 0.29) is 17.5 Å². The van der Waals surface area contributed by atoms with Gasteiger partial charge in [0.1, 0.15) is 5.82 Å². The summed E-state index contributed by atoms with van der Waals surface area (Å²) in [5.74, 6) is -0.285. The summed E-state index contributed by atoms with van der Waals surface area (Å²) >= 11 is 0. The maximum atomic E-state index is 13.0. The third-order valence-electron chi connectivity index (χ3n) is 3.14. The van der Waals surface area contributed by atoms with Crippen LogP contribution in [0, 0.1) is 5.82 Å². The molecular formula is C14H21FN2O. The monoisotopic (exact) mass is 252 g/mol. The van der Waals surface area contributed by atoms with E-state index in [1.54, 1.807) is 6.07 Å². The Morgan fingerprint density at radius 1 is 1.50 bits per heavy atom. The van der Waals surface area contributed by atoms with Crippen molar-refractivity contribution in [1.82, 2.24) is 4.90 Å². The van der Waals surface area contributed by atoms with Crippen molar-refractivity contribution >= 4 is 5.69 Å². The van der Waals surface area contributed by atoms with Crippen LogP contribution >= 0.6 is 0 Å². The van der Waals surface area contributed by atoms with Crippen LogP contribution in [0.4, 0.5) is 10.1 Å². The molecule has 18 heavy (non-hydrogen) atoms. The number of hydrogen-bond acceptors (Lipinski definition) is 3. The van der Waals surface area contributed by atoms with Gasteiger partial charge in [-0.3, -0.25) is 4.90 Å². The third-order valence-corrected chi connectivity index (χ3v) is 3.14. The lowest BCUT2D eigenvalue weighted by Crippen LogP contribution is -2.51. The van der Waals surface area contributed by atoms with Crippen molar-refractivity contribution in [3.8, 4) is 0 Å². The van der Waals surface area contributed by atoms with Gasteiger partial charge >= 0.3 is 0 Å². The minimum absolute atomic E-state index is 0.146. The van der Waals surface area contributed by atoms with Crippen LogP contribution < -0.4 is 5.73 Å². The van der Waals surface area contributed by atoms with Crippen molar-refractivity contribution < 1.29 is 9.13 Å². The maximum absolute atomic E-state index is 13.0. The van der Waals surface area contributed by atoms with Crippen molar-refractivity contribution in [1.29, 1.82) is 0 Å². The van der Waals surface area contributed by atoms with Crippen LogP contribution in [0.15, 0.2) is 18.2 Å². The lowest BCUT2D eigenvalue weighted by atomic mass is 10.0. The molecular weight excluding hydrogens is 231 g/mol. The van der Waals surface area contributed by atoms with Gasteiger partial charge in [-0.25, -0.2) is 4.39 Å². The van der Waals surface area contributed by atoms with Gasteiger partial charge in [-0.2, -0.15) is 0 Å². The number of nitrogens with zero attached hydrogens (tertiary/aromatic N) is 1. The second kappa shape index (κ2) is 4.86. The van der Waals surface area contributed by atoms with Crippen molar-refractivity contribution in [2.75, 3.05) is 18.8 Å². The fraction of sp³-hybridized carbons (Fsp3) is 0.571. The molecule has 2 rings (SSSR count). The number of nitrogen functional groups attached to an aromatic ring is 1. The number of hydrogen-bond donors (Lipinski definition) is 1. The number of nitrogens with two attached hydrogens (primary N) is 1. The first-order valence-corrected chi connectivity index (χ1v) is 6.30. The van der Waals surface area contributed by atoms with E-state index < -0.39 is 0 Å². The molecule has 0 aliphatic carbocycles. The first kappa shape index (κ1) is 13.3. The molecule has 1 aromatic rings. The lowest BCUT2D eigenvalue weighted by molar-refractivity contribution is -0.130. The third kappa shape index (κ3) is 3.21. The number of rotatable bonds is 2. The molecule has 1 atom stereocenters. The van der Waals surface area contributed by atoms with Crippen LogP contribution in [-0.4, -0.2) is 29.7 Å². The van der Waals surface area contributed by atoms with Gasteiger partial charge in [0.25, 0.3) is 0 Å². The van der Waals surface area contributed by atoms with Gasteiger partial charge in [-0.15, -0.1) is 0 Å². The van der Waals surface area contributed by atoms with E-state index >= 15 is 0 Å². The van der Waals surface area contributed by atoms with Gasteiger partial charge in [0.15, 0.2) is 0 Å². The van der Waals surface area contributed by atoms with Gasteiger partial charge in [0.05, 0.1) is 11.7 Å². The molecule has 100 valence electrons. The number of morpholine rings is 1. The molecule has 2 N–H and O–H groups in total. The highest BCUT2D eigenvalue weighted by atomic mass is 19.1. The van der Waals surface area contributed by atoms with Crippen molar-refractivity contribution in [3.63, 3.8) is 0 Å². The second-order valence-corrected chi connectivity index (χ2v) is 5.70. The van der Waals surface area contributed by atoms with Crippen LogP contribution in [-0.2, 0) is 11.3 Å². The summed E-state index contributed by atoms with van der Waals surface area (Å²) in [6.07, 6.45) is 0.204. The smallest absolute Gasteiger partial charge is 0.125 e. The molecule has 0 spiro atoms. The van der Waals surface area contributed by atoms with E-state index in [0.29, 0.717) is 5.69 Å². The summed E-state index contributed by atoms with van der Waals surface area (Å²) < 4.78 is 18.9. The summed E-state index contributed by atoms with van der Waals surface area (Å²) in [6.45, 7) is 8.72. The van der Waals surface area contributed by atoms with Crippen LogP contribution in [0.3, 0.4) is 0 Å². The summed E-state index contributed by atoms with van der Waals surface area (Å²) in [5, 5.41) is 0. The van der Waals surface area contributed by atoms with Crippen LogP contribution in [0.25, 0.3) is 0 Å². The summed E-state index contributed by atoms with van der Waals surface area (Å²) in [4.78, 5) is 2.30. The highest BCUT2D eigenvalue weighted by Gasteiger charge is 2.31. The molecule has 0 bridgehead atoms. The Bertz CT molecular complexity index is 434. The molecule has 1 saturated heterocycles. The molecule has 0 saturated carbocycles. The highest BCUT2D eigenvalue weighted by Crippen LogP contribution is 2.24. The van der Waals surface area contributed by atoms with E-state index in [9.17, 15) is 4.39 Å². The van der Waals surface area contributed by atoms with E-state index in [1.165, 1.54) is 12.1 Å². The molecule has 1 aliphatic rings. The number of ether oxygens (including phenoxy) is 1. The SMILES string of the molecule is CC1CN(Cc2ccc(F)cc2N)CC(C)(C)O1. The van der Waals surface area contributed by atoms with Crippen molar-refractivity contribution in [2.45, 2.75) is 39.0 Å². The number of benzene rings is 1. The molecule has 1 aromatic carbocycles. The standard InChI is InChI=1S/C14H21FN2O/c1-10-7-17(9-14(2,3)18-10)8-11-4-5-12(15)6-13(11)16/h4-6,10H,7-9,16H2,1-3H3. The van der Waals surface area contributed by atoms with Crippen molar-refractivity contribution in [3.05, 3.63) is 29.6 Å². The Morgan fingerprint density at radius 3 is 2.83 bits per heavy atom. The topological polar surface area (TPSA) is 38.5 Å². The minimum Gasteiger partial charge on any atom is -0.398 e. The van der Waals surface area contributed by atoms with Crippen LogP contribution in [0.5, 0.6) is 0 Å². The zero-order chi connectivity index (χ0) is 13.3. The predicted octanol–water partition coefficient (Wildman–Crippen LogP) is 2.41. The van der Waals surface area contributed by atoms with Gasteiger partial charge in [-0.1, -0.05) is 6.07 Å². The minimum atomic E-state index is -0.285. The van der Waals surface area contributed by atoms with Gasteiger partial charge in [0, 0.05) is 25.3 Å². The Kier molecular flexibility index (Phi) is 3.59. The average molecular weight is 252 g/mol. The highest BCUT2D eigenvalue weighted by molar-refractivity contribution is 5.46. The van der Waals surface area contributed by atoms with Gasteiger partial charge in [0.2, 0.25) is 0 Å². The Hall–Kier alpha value is -1.13. The van der Waals surface area contributed by atoms with Gasteiger partial charge < -0.3 is 10.5 Å². The fourth-order valence-electron chi connectivity index (χ4n) is 2.66. The molecule has 3 nitrogen and oxygen atoms in total. The Labute approximate surface area is 108 Å². The van der Waals surface area contributed by atoms with Crippen LogP contribution in [0.2, 0.25) is 0 Å². The zero-order valence-electron chi connectivity index (χ0n) is 11.2. The summed E-state index contributed by atoms with van der Waals surface area (Å²) in [7, 11) is 0. The summed E-state index contributed by atoms with van der Waals surface area (Å²) in [5.41, 5.74) is 7.19. The molecule has 1 aliphatic heterocycles. The molecule has 0 aromatic heterocycles. The van der Waals surface area contributed by atoms with E-state index in [2.05, 4.69) is 25.7 Å². The quantitative estimate of drug-likeness (QED) is 0.821. The number of halogens is 1. The summed E-state index contributed by atoms with van der Waals surface area (Å²) in [6, 6.07) is 4.60. The molecule has 0 amide bonds. The van der Waals surface area contributed by atoms with Gasteiger partial charge in [-0.05, 0) is 38.5 Å². The predicted molar refractivity (Wildman–Crippen MR) is 70.7 cm³/mol. The second-order valence-electron chi connectivity index (χ2n) is 5.70. The van der Waals surface area contributed by atoms with E-state index in [4.69, 9.17) is 10.5 Å². The normalized spacial score (nSPS) is 24.1. The van der Waals surface area contributed by atoms with Crippen LogP contribution in [0.1, 0.15) is 26.3 Å². The average Bonchev–Trinajstić information content (AvgIpc) is 2.19. The van der Waals surface area contributed by atoms with E-state index in [1.807, 2.05) is 0 Å². The Morgan fingerprint density at radius 2 is 2.22 bits per heavy atom. The molecule has 0 radical (unpaired) electrons. The molecule has 1 fully saturated rings. The fourth-order valence-corrected chi connectivity index (χ4v) is 2.66. The lowest BCUT2D eigenvalue weighted by Gasteiger charge is -2.41. The van der Waals surface area contributed by atoms with Crippen molar-refractivity contribution in [2.24, 2.45) is 0 Å². The Balaban J connectivity index is 2.09. The number of anilines is 1. The molecule has 1 heterocycles. The molecule has 4 heteroatoms. The largest absolute Gasteiger partial charge is 0.398 e. The first-order chi connectivity index (χ1) is 8.35. The zero-order valence-corrected chi connectivity index (χ0v) is 11.2. The maximum Gasteiger partial charge on any atom is 0.125 e. The van der Waals surface area contributed by atoms with E-state index in [0.717, 1.165) is 25.2 Å². The first-order valence-electron chi connectivity index (χ1n) is 6.30. The molecule has 1 unspecified atom stereocenters.